The van der Waals surface area contributed by atoms with Gasteiger partial charge in [-0.2, -0.15) is 10.1 Å². The lowest BCUT2D eigenvalue weighted by Crippen LogP contribution is -2.06. The number of benzene rings is 1. The van der Waals surface area contributed by atoms with Crippen molar-refractivity contribution >= 4 is 29.1 Å². The molecule has 1 aromatic carbocycles. The van der Waals surface area contributed by atoms with Crippen molar-refractivity contribution in [3.63, 3.8) is 0 Å². The molecule has 6 heteroatoms. The Morgan fingerprint density at radius 3 is 2.74 bits per heavy atom. The van der Waals surface area contributed by atoms with Gasteiger partial charge in [-0.25, -0.2) is 0 Å². The first kappa shape index (κ1) is 13.5. The van der Waals surface area contributed by atoms with Gasteiger partial charge in [0.15, 0.2) is 5.82 Å². The van der Waals surface area contributed by atoms with Crippen molar-refractivity contribution < 1.29 is 0 Å². The van der Waals surface area contributed by atoms with E-state index < -0.39 is 0 Å². The summed E-state index contributed by atoms with van der Waals surface area (Å²) >= 11 is 5.83. The molecule has 2 N–H and O–H groups in total. The molecule has 0 aliphatic heterocycles. The molecule has 100 valence electrons. The summed E-state index contributed by atoms with van der Waals surface area (Å²) in [5.74, 6) is 1.18. The van der Waals surface area contributed by atoms with Crippen LogP contribution >= 0.6 is 11.6 Å². The topological polar surface area (TPSA) is 62.7 Å². The molecule has 0 fully saturated rings. The lowest BCUT2D eigenvalue weighted by atomic mass is 10.3. The van der Waals surface area contributed by atoms with Crippen LogP contribution in [-0.4, -0.2) is 21.7 Å². The third kappa shape index (κ3) is 4.37. The minimum absolute atomic E-state index is 0.462. The quantitative estimate of drug-likeness (QED) is 0.792. The summed E-state index contributed by atoms with van der Waals surface area (Å²) in [6.45, 7) is 3.03. The van der Waals surface area contributed by atoms with Crippen LogP contribution in [0.15, 0.2) is 30.5 Å². The summed E-state index contributed by atoms with van der Waals surface area (Å²) in [6.07, 6.45) is 3.86. The monoisotopic (exact) mass is 277 g/mol. The Bertz CT molecular complexity index is 515. The van der Waals surface area contributed by atoms with E-state index in [9.17, 15) is 0 Å². The first-order valence-electron chi connectivity index (χ1n) is 6.24. The highest BCUT2D eigenvalue weighted by molar-refractivity contribution is 6.30. The number of hydrogen-bond donors (Lipinski definition) is 2. The molecular formula is C13H16ClN5. The molecule has 0 spiro atoms. The fourth-order valence-corrected chi connectivity index (χ4v) is 1.62. The molecule has 2 rings (SSSR count). The van der Waals surface area contributed by atoms with Gasteiger partial charge in [0.05, 0.1) is 6.20 Å². The van der Waals surface area contributed by atoms with E-state index in [0.29, 0.717) is 11.0 Å². The number of rotatable bonds is 6. The number of nitrogens with zero attached hydrogens (tertiary/aromatic N) is 3. The number of halogens is 1. The van der Waals surface area contributed by atoms with Gasteiger partial charge < -0.3 is 10.6 Å². The Morgan fingerprint density at radius 1 is 1.21 bits per heavy atom. The molecule has 1 aromatic heterocycles. The van der Waals surface area contributed by atoms with Crippen molar-refractivity contribution in [3.8, 4) is 0 Å². The van der Waals surface area contributed by atoms with Crippen LogP contribution in [0.25, 0.3) is 0 Å². The fourth-order valence-electron chi connectivity index (χ4n) is 1.50. The van der Waals surface area contributed by atoms with Crippen molar-refractivity contribution in [2.45, 2.75) is 19.8 Å². The normalized spacial score (nSPS) is 10.2. The Morgan fingerprint density at radius 2 is 2.00 bits per heavy atom. The van der Waals surface area contributed by atoms with Crippen molar-refractivity contribution in [1.82, 2.24) is 15.2 Å². The van der Waals surface area contributed by atoms with Crippen LogP contribution in [0.3, 0.4) is 0 Å². The van der Waals surface area contributed by atoms with Gasteiger partial charge >= 0.3 is 0 Å². The standard InChI is InChI=1S/C13H16ClN5/c1-2-3-8-15-12-9-16-19-13(18-12)17-11-6-4-10(14)5-7-11/h4-7,9H,2-3,8H2,1H3,(H2,15,17,18,19). The van der Waals surface area contributed by atoms with Gasteiger partial charge in [-0.05, 0) is 30.7 Å². The average Bonchev–Trinajstić information content (AvgIpc) is 2.42. The van der Waals surface area contributed by atoms with Crippen molar-refractivity contribution in [3.05, 3.63) is 35.5 Å². The zero-order valence-corrected chi connectivity index (χ0v) is 11.5. The summed E-state index contributed by atoms with van der Waals surface area (Å²) in [6, 6.07) is 7.34. The number of nitrogens with one attached hydrogen (secondary N) is 2. The molecule has 0 unspecified atom stereocenters. The van der Waals surface area contributed by atoms with E-state index in [2.05, 4.69) is 32.7 Å². The molecule has 0 atom stereocenters. The molecule has 0 aliphatic carbocycles. The van der Waals surface area contributed by atoms with Crippen molar-refractivity contribution in [2.75, 3.05) is 17.2 Å². The summed E-state index contributed by atoms with van der Waals surface area (Å²) in [5, 5.41) is 14.8. The Hall–Kier alpha value is -1.88. The smallest absolute Gasteiger partial charge is 0.249 e. The molecule has 0 bridgehead atoms. The molecular weight excluding hydrogens is 262 g/mol. The zero-order valence-electron chi connectivity index (χ0n) is 10.7. The van der Waals surface area contributed by atoms with Crippen LogP contribution < -0.4 is 10.6 Å². The van der Waals surface area contributed by atoms with Gasteiger partial charge in [0, 0.05) is 17.3 Å². The molecule has 0 saturated carbocycles. The number of unbranched alkanes of at least 4 members (excludes halogenated alkanes) is 1. The van der Waals surface area contributed by atoms with Crippen LogP contribution in [0.1, 0.15) is 19.8 Å². The van der Waals surface area contributed by atoms with Gasteiger partial charge in [-0.1, -0.05) is 24.9 Å². The first-order valence-corrected chi connectivity index (χ1v) is 6.62. The third-order valence-electron chi connectivity index (χ3n) is 2.50. The van der Waals surface area contributed by atoms with Gasteiger partial charge in [0.25, 0.3) is 0 Å². The molecule has 2 aromatic rings. The van der Waals surface area contributed by atoms with Crippen molar-refractivity contribution in [1.29, 1.82) is 0 Å². The lowest BCUT2D eigenvalue weighted by molar-refractivity contribution is 0.827. The summed E-state index contributed by atoms with van der Waals surface area (Å²) in [7, 11) is 0. The molecule has 0 saturated heterocycles. The second-order valence-corrected chi connectivity index (χ2v) is 4.51. The zero-order chi connectivity index (χ0) is 13.5. The Balaban J connectivity index is 2.00. The van der Waals surface area contributed by atoms with E-state index >= 15 is 0 Å². The minimum Gasteiger partial charge on any atom is -0.369 e. The number of aromatic nitrogens is 3. The van der Waals surface area contributed by atoms with E-state index in [-0.39, 0.29) is 0 Å². The van der Waals surface area contributed by atoms with Crippen LogP contribution in [0, 0.1) is 0 Å². The molecule has 5 nitrogen and oxygen atoms in total. The second kappa shape index (κ2) is 6.89. The van der Waals surface area contributed by atoms with Crippen LogP contribution in [0.5, 0.6) is 0 Å². The average molecular weight is 278 g/mol. The summed E-state index contributed by atoms with van der Waals surface area (Å²) < 4.78 is 0. The largest absolute Gasteiger partial charge is 0.369 e. The predicted octanol–water partition coefficient (Wildman–Crippen LogP) is 3.48. The van der Waals surface area contributed by atoms with Gasteiger partial charge in [-0.3, -0.25) is 0 Å². The van der Waals surface area contributed by atoms with Crippen molar-refractivity contribution in [2.24, 2.45) is 0 Å². The van der Waals surface area contributed by atoms with Gasteiger partial charge in [0.1, 0.15) is 0 Å². The maximum Gasteiger partial charge on any atom is 0.249 e. The van der Waals surface area contributed by atoms with Gasteiger partial charge in [0.2, 0.25) is 5.95 Å². The maximum absolute atomic E-state index is 5.83. The highest BCUT2D eigenvalue weighted by Crippen LogP contribution is 2.16. The minimum atomic E-state index is 0.462. The molecule has 1 heterocycles. The van der Waals surface area contributed by atoms with E-state index in [1.807, 2.05) is 12.1 Å². The van der Waals surface area contributed by atoms with E-state index in [1.165, 1.54) is 0 Å². The van der Waals surface area contributed by atoms with Crippen LogP contribution in [-0.2, 0) is 0 Å². The predicted molar refractivity (Wildman–Crippen MR) is 78.0 cm³/mol. The fraction of sp³-hybridized carbons (Fsp3) is 0.308. The molecule has 0 radical (unpaired) electrons. The highest BCUT2D eigenvalue weighted by Gasteiger charge is 2.01. The third-order valence-corrected chi connectivity index (χ3v) is 2.75. The van der Waals surface area contributed by atoms with E-state index in [0.717, 1.165) is 30.9 Å². The molecule has 0 aliphatic rings. The van der Waals surface area contributed by atoms with Crippen LogP contribution in [0.2, 0.25) is 5.02 Å². The second-order valence-electron chi connectivity index (χ2n) is 4.08. The molecule has 0 amide bonds. The van der Waals surface area contributed by atoms with Crippen LogP contribution in [0.4, 0.5) is 17.5 Å². The Labute approximate surface area is 117 Å². The van der Waals surface area contributed by atoms with E-state index in [4.69, 9.17) is 11.6 Å². The van der Waals surface area contributed by atoms with E-state index in [1.54, 1.807) is 18.3 Å². The summed E-state index contributed by atoms with van der Waals surface area (Å²) in [4.78, 5) is 4.33. The maximum atomic E-state index is 5.83. The number of anilines is 3. The number of hydrogen-bond acceptors (Lipinski definition) is 5. The molecule has 19 heavy (non-hydrogen) atoms. The highest BCUT2D eigenvalue weighted by atomic mass is 35.5. The summed E-state index contributed by atoms with van der Waals surface area (Å²) in [5.41, 5.74) is 0.872. The first-order chi connectivity index (χ1) is 9.28. The Kier molecular flexibility index (Phi) is 4.92. The van der Waals surface area contributed by atoms with Gasteiger partial charge in [-0.15, -0.1) is 5.10 Å². The SMILES string of the molecule is CCCCNc1cnnc(Nc2ccc(Cl)cc2)n1. The lowest BCUT2D eigenvalue weighted by Gasteiger charge is -2.07.